The Kier molecular flexibility index (Phi) is 5.05. The summed E-state index contributed by atoms with van der Waals surface area (Å²) in [5.41, 5.74) is 4.07. The topological polar surface area (TPSA) is 37.8 Å². The average molecular weight is 275 g/mol. The van der Waals surface area contributed by atoms with Crippen LogP contribution in [0.4, 0.5) is 0 Å². The fourth-order valence-electron chi connectivity index (χ4n) is 2.16. The standard InChI is InChI=1S/C15H21N3S/c1-4-7-16-14(15-10-17-18-19-15)9-13-8-11(2)5-6-12(13)3/h5-6,8,10,14,16H,4,7,9H2,1-3H3. The van der Waals surface area contributed by atoms with Crippen LogP contribution < -0.4 is 5.32 Å². The number of nitrogens with one attached hydrogen (secondary N) is 1. The predicted molar refractivity (Wildman–Crippen MR) is 80.6 cm³/mol. The second-order valence-corrected chi connectivity index (χ2v) is 5.78. The molecule has 0 fully saturated rings. The van der Waals surface area contributed by atoms with Crippen LogP contribution >= 0.6 is 11.5 Å². The monoisotopic (exact) mass is 275 g/mol. The highest BCUT2D eigenvalue weighted by molar-refractivity contribution is 7.05. The zero-order valence-corrected chi connectivity index (χ0v) is 12.6. The molecule has 0 aliphatic rings. The lowest BCUT2D eigenvalue weighted by atomic mass is 9.98. The van der Waals surface area contributed by atoms with E-state index in [9.17, 15) is 0 Å². The number of benzene rings is 1. The highest BCUT2D eigenvalue weighted by Gasteiger charge is 2.15. The first-order valence-electron chi connectivity index (χ1n) is 6.77. The molecule has 1 aromatic heterocycles. The van der Waals surface area contributed by atoms with Gasteiger partial charge in [-0.05, 0) is 55.9 Å². The summed E-state index contributed by atoms with van der Waals surface area (Å²) in [5.74, 6) is 0. The summed E-state index contributed by atoms with van der Waals surface area (Å²) in [6, 6.07) is 6.97. The third-order valence-corrected chi connectivity index (χ3v) is 4.07. The van der Waals surface area contributed by atoms with Crippen molar-refractivity contribution in [3.8, 4) is 0 Å². The number of hydrogen-bond acceptors (Lipinski definition) is 4. The molecule has 19 heavy (non-hydrogen) atoms. The number of nitrogens with zero attached hydrogens (tertiary/aromatic N) is 2. The van der Waals surface area contributed by atoms with Gasteiger partial charge in [0.15, 0.2) is 0 Å². The summed E-state index contributed by atoms with van der Waals surface area (Å²) in [6.45, 7) is 7.53. The molecule has 0 amide bonds. The summed E-state index contributed by atoms with van der Waals surface area (Å²) in [7, 11) is 0. The van der Waals surface area contributed by atoms with Crippen molar-refractivity contribution in [1.29, 1.82) is 0 Å². The second-order valence-electron chi connectivity index (χ2n) is 4.96. The molecule has 2 aromatic rings. The van der Waals surface area contributed by atoms with Crippen LogP contribution in [0.1, 0.15) is 41.0 Å². The minimum absolute atomic E-state index is 0.320. The maximum atomic E-state index is 3.98. The third-order valence-electron chi connectivity index (χ3n) is 3.29. The van der Waals surface area contributed by atoms with E-state index in [0.717, 1.165) is 19.4 Å². The second kappa shape index (κ2) is 6.78. The van der Waals surface area contributed by atoms with Gasteiger partial charge in [-0.3, -0.25) is 0 Å². The van der Waals surface area contributed by atoms with E-state index in [-0.39, 0.29) is 0 Å². The highest BCUT2D eigenvalue weighted by Crippen LogP contribution is 2.23. The largest absolute Gasteiger partial charge is 0.309 e. The van der Waals surface area contributed by atoms with E-state index in [1.807, 2.05) is 6.20 Å². The molecule has 0 saturated carbocycles. The molecule has 0 aliphatic heterocycles. The lowest BCUT2D eigenvalue weighted by Crippen LogP contribution is -2.23. The Balaban J connectivity index is 2.17. The van der Waals surface area contributed by atoms with Crippen LogP contribution in [0.15, 0.2) is 24.4 Å². The third kappa shape index (κ3) is 3.85. The van der Waals surface area contributed by atoms with Crippen LogP contribution in [-0.4, -0.2) is 16.1 Å². The molecule has 0 aliphatic carbocycles. The normalized spacial score (nSPS) is 12.6. The van der Waals surface area contributed by atoms with E-state index in [1.54, 1.807) is 0 Å². The lowest BCUT2D eigenvalue weighted by molar-refractivity contribution is 0.535. The van der Waals surface area contributed by atoms with Crippen molar-refractivity contribution >= 4 is 11.5 Å². The maximum Gasteiger partial charge on any atom is 0.0669 e. The summed E-state index contributed by atoms with van der Waals surface area (Å²) >= 11 is 1.49. The van der Waals surface area contributed by atoms with Gasteiger partial charge in [0.1, 0.15) is 0 Å². The average Bonchev–Trinajstić information content (AvgIpc) is 2.92. The molecule has 1 atom stereocenters. The van der Waals surface area contributed by atoms with Crippen molar-refractivity contribution in [3.63, 3.8) is 0 Å². The molecule has 0 spiro atoms. The molecule has 2 rings (SSSR count). The first-order chi connectivity index (χ1) is 9.20. The molecule has 3 nitrogen and oxygen atoms in total. The Bertz CT molecular complexity index is 508. The van der Waals surface area contributed by atoms with Crippen molar-refractivity contribution in [2.45, 2.75) is 39.7 Å². The summed E-state index contributed by atoms with van der Waals surface area (Å²) < 4.78 is 3.98. The van der Waals surface area contributed by atoms with Gasteiger partial charge < -0.3 is 5.32 Å². The van der Waals surface area contributed by atoms with E-state index < -0.39 is 0 Å². The predicted octanol–water partition coefficient (Wildman–Crippen LogP) is 3.44. The number of hydrogen-bond donors (Lipinski definition) is 1. The zero-order chi connectivity index (χ0) is 13.7. The van der Waals surface area contributed by atoms with Crippen molar-refractivity contribution in [2.75, 3.05) is 6.54 Å². The van der Waals surface area contributed by atoms with Crippen LogP contribution in [0.25, 0.3) is 0 Å². The van der Waals surface area contributed by atoms with Crippen molar-refractivity contribution in [3.05, 3.63) is 46.0 Å². The van der Waals surface area contributed by atoms with E-state index in [4.69, 9.17) is 0 Å². The number of aromatic nitrogens is 2. The molecular formula is C15H21N3S. The number of aryl methyl sites for hydroxylation is 2. The molecular weight excluding hydrogens is 254 g/mol. The van der Waals surface area contributed by atoms with Gasteiger partial charge in [-0.2, -0.15) is 0 Å². The highest BCUT2D eigenvalue weighted by atomic mass is 32.1. The van der Waals surface area contributed by atoms with Crippen LogP contribution in [0.2, 0.25) is 0 Å². The van der Waals surface area contributed by atoms with Gasteiger partial charge >= 0.3 is 0 Å². The number of rotatable bonds is 6. The Hall–Kier alpha value is -1.26. The Morgan fingerprint density at radius 1 is 1.32 bits per heavy atom. The van der Waals surface area contributed by atoms with Gasteiger partial charge in [0.2, 0.25) is 0 Å². The molecule has 0 radical (unpaired) electrons. The molecule has 0 saturated heterocycles. The van der Waals surface area contributed by atoms with Gasteiger partial charge in [-0.15, -0.1) is 5.10 Å². The van der Waals surface area contributed by atoms with Crippen LogP contribution in [-0.2, 0) is 6.42 Å². The van der Waals surface area contributed by atoms with E-state index >= 15 is 0 Å². The molecule has 1 unspecified atom stereocenters. The Labute approximate surface area is 119 Å². The molecule has 0 bridgehead atoms. The zero-order valence-electron chi connectivity index (χ0n) is 11.8. The molecule has 1 aromatic carbocycles. The van der Waals surface area contributed by atoms with Gasteiger partial charge in [0.05, 0.1) is 11.1 Å². The quantitative estimate of drug-likeness (QED) is 0.877. The van der Waals surface area contributed by atoms with E-state index in [1.165, 1.54) is 33.1 Å². The Morgan fingerprint density at radius 2 is 2.16 bits per heavy atom. The van der Waals surface area contributed by atoms with Crippen molar-refractivity contribution in [1.82, 2.24) is 14.9 Å². The smallest absolute Gasteiger partial charge is 0.0669 e. The molecule has 102 valence electrons. The summed E-state index contributed by atoms with van der Waals surface area (Å²) in [5, 5.41) is 7.56. The van der Waals surface area contributed by atoms with E-state index in [0.29, 0.717) is 6.04 Å². The van der Waals surface area contributed by atoms with Gasteiger partial charge in [0.25, 0.3) is 0 Å². The van der Waals surface area contributed by atoms with Crippen LogP contribution in [0, 0.1) is 13.8 Å². The van der Waals surface area contributed by atoms with Crippen molar-refractivity contribution in [2.24, 2.45) is 0 Å². The first-order valence-corrected chi connectivity index (χ1v) is 7.54. The Morgan fingerprint density at radius 3 is 2.84 bits per heavy atom. The van der Waals surface area contributed by atoms with Gasteiger partial charge in [-0.25, -0.2) is 0 Å². The SMILES string of the molecule is CCCNC(Cc1cc(C)ccc1C)c1cnns1. The van der Waals surface area contributed by atoms with Crippen LogP contribution in [0.3, 0.4) is 0 Å². The lowest BCUT2D eigenvalue weighted by Gasteiger charge is -2.18. The van der Waals surface area contributed by atoms with Crippen molar-refractivity contribution < 1.29 is 0 Å². The minimum Gasteiger partial charge on any atom is -0.309 e. The fourth-order valence-corrected chi connectivity index (χ4v) is 2.74. The molecule has 1 heterocycles. The van der Waals surface area contributed by atoms with Gasteiger partial charge in [0, 0.05) is 6.04 Å². The molecule has 4 heteroatoms. The molecule has 1 N–H and O–H groups in total. The first kappa shape index (κ1) is 14.2. The minimum atomic E-state index is 0.320. The maximum absolute atomic E-state index is 3.98. The fraction of sp³-hybridized carbons (Fsp3) is 0.467. The summed E-state index contributed by atoms with van der Waals surface area (Å²) in [6.07, 6.45) is 4.01. The summed E-state index contributed by atoms with van der Waals surface area (Å²) in [4.78, 5) is 1.22. The van der Waals surface area contributed by atoms with Crippen LogP contribution in [0.5, 0.6) is 0 Å². The van der Waals surface area contributed by atoms with Gasteiger partial charge in [-0.1, -0.05) is 35.2 Å². The van der Waals surface area contributed by atoms with E-state index in [2.05, 4.69) is 53.9 Å².